The summed E-state index contributed by atoms with van der Waals surface area (Å²) >= 11 is 0. The lowest BCUT2D eigenvalue weighted by Gasteiger charge is -2.33. The van der Waals surface area contributed by atoms with Crippen molar-refractivity contribution in [3.05, 3.63) is 35.9 Å². The van der Waals surface area contributed by atoms with E-state index in [2.05, 4.69) is 0 Å². The third-order valence-electron chi connectivity index (χ3n) is 3.75. The van der Waals surface area contributed by atoms with Crippen molar-refractivity contribution in [2.45, 2.75) is 44.2 Å². The topological polar surface area (TPSA) is 48.1 Å². The minimum atomic E-state index is -0.357. The van der Waals surface area contributed by atoms with Crippen LogP contribution in [0.4, 0.5) is 0 Å². The van der Waals surface area contributed by atoms with Crippen molar-refractivity contribution in [1.29, 1.82) is 0 Å². The van der Waals surface area contributed by atoms with Crippen LogP contribution in [-0.2, 0) is 25.6 Å². The van der Waals surface area contributed by atoms with Crippen LogP contribution in [0.15, 0.2) is 30.3 Å². The van der Waals surface area contributed by atoms with Crippen molar-refractivity contribution < 1.29 is 19.0 Å². The average Bonchev–Trinajstić information content (AvgIpc) is 3.12. The molecule has 1 aliphatic carbocycles. The lowest BCUT2D eigenvalue weighted by Crippen LogP contribution is -2.42. The highest BCUT2D eigenvalue weighted by atomic mass is 16.7. The second-order valence-electron chi connectivity index (χ2n) is 5.14. The summed E-state index contributed by atoms with van der Waals surface area (Å²) in [6.45, 7) is 2.83. The van der Waals surface area contributed by atoms with E-state index in [0.717, 1.165) is 12.8 Å². The van der Waals surface area contributed by atoms with Crippen LogP contribution >= 0.6 is 0 Å². The zero-order valence-corrected chi connectivity index (χ0v) is 11.0. The largest absolute Gasteiger partial charge is 0.464 e. The Morgan fingerprint density at radius 2 is 2.11 bits per heavy atom. The monoisotopic (exact) mass is 262 g/mol. The number of ether oxygens (including phenoxy) is 3. The molecule has 1 aromatic rings. The highest BCUT2D eigenvalue weighted by Gasteiger charge is 2.68. The van der Waals surface area contributed by atoms with E-state index in [1.807, 2.05) is 30.3 Å². The Hall–Kier alpha value is -1.39. The first-order valence-corrected chi connectivity index (χ1v) is 6.73. The van der Waals surface area contributed by atoms with Gasteiger partial charge in [-0.15, -0.1) is 0 Å². The fraction of sp³-hybridized carbons (Fsp3) is 0.533. The van der Waals surface area contributed by atoms with Gasteiger partial charge in [0.15, 0.2) is 6.10 Å². The van der Waals surface area contributed by atoms with Crippen LogP contribution in [0.2, 0.25) is 0 Å². The fourth-order valence-electron chi connectivity index (χ4n) is 2.61. The van der Waals surface area contributed by atoms with Crippen molar-refractivity contribution in [1.82, 2.24) is 0 Å². The van der Waals surface area contributed by atoms with Gasteiger partial charge in [0.1, 0.15) is 5.60 Å². The first-order chi connectivity index (χ1) is 9.23. The number of hydrogen-bond acceptors (Lipinski definition) is 4. The Morgan fingerprint density at radius 1 is 1.37 bits per heavy atom. The predicted molar refractivity (Wildman–Crippen MR) is 68.5 cm³/mol. The van der Waals surface area contributed by atoms with E-state index < -0.39 is 0 Å². The zero-order valence-electron chi connectivity index (χ0n) is 11.0. The second-order valence-corrected chi connectivity index (χ2v) is 5.14. The van der Waals surface area contributed by atoms with Crippen LogP contribution in [-0.4, -0.2) is 30.4 Å². The SMILES string of the molecule is CCOC(=O)C1OC12CC(OCc1ccccc1)C2. The van der Waals surface area contributed by atoms with Gasteiger partial charge in [0.25, 0.3) is 0 Å². The standard InChI is InChI=1S/C15H18O4/c1-2-17-14(16)13-15(19-13)8-12(9-15)18-10-11-6-4-3-5-7-11/h3-7,12-13H,2,8-10H2,1H3. The highest BCUT2D eigenvalue weighted by Crippen LogP contribution is 2.54. The molecule has 3 rings (SSSR count). The molecule has 1 unspecified atom stereocenters. The van der Waals surface area contributed by atoms with Gasteiger partial charge in [-0.1, -0.05) is 30.3 Å². The van der Waals surface area contributed by atoms with E-state index in [1.54, 1.807) is 6.92 Å². The van der Waals surface area contributed by atoms with Crippen LogP contribution in [0.25, 0.3) is 0 Å². The number of benzene rings is 1. The van der Waals surface area contributed by atoms with Gasteiger partial charge in [-0.25, -0.2) is 4.79 Å². The third-order valence-corrected chi connectivity index (χ3v) is 3.75. The Labute approximate surface area is 112 Å². The molecule has 0 bridgehead atoms. The molecule has 0 aromatic heterocycles. The van der Waals surface area contributed by atoms with Gasteiger partial charge in [-0.3, -0.25) is 0 Å². The summed E-state index contributed by atoms with van der Waals surface area (Å²) in [6, 6.07) is 10.1. The van der Waals surface area contributed by atoms with Crippen LogP contribution in [0.1, 0.15) is 25.3 Å². The molecule has 1 atom stereocenters. The first kappa shape index (κ1) is 12.6. The van der Waals surface area contributed by atoms with Gasteiger partial charge >= 0.3 is 5.97 Å². The molecule has 102 valence electrons. The summed E-state index contributed by atoms with van der Waals surface area (Å²) in [4.78, 5) is 11.5. The maximum absolute atomic E-state index is 11.5. The summed E-state index contributed by atoms with van der Waals surface area (Å²) in [5, 5.41) is 0. The summed E-state index contributed by atoms with van der Waals surface area (Å²) in [5.74, 6) is -0.232. The van der Waals surface area contributed by atoms with Gasteiger partial charge in [0, 0.05) is 12.8 Å². The molecular formula is C15H18O4. The molecular weight excluding hydrogens is 244 g/mol. The summed E-state index contributed by atoms with van der Waals surface area (Å²) in [7, 11) is 0. The van der Waals surface area contributed by atoms with E-state index in [-0.39, 0.29) is 23.8 Å². The minimum Gasteiger partial charge on any atom is -0.464 e. The number of hydrogen-bond donors (Lipinski definition) is 0. The average molecular weight is 262 g/mol. The summed E-state index contributed by atoms with van der Waals surface area (Å²) in [5.41, 5.74) is 0.898. The summed E-state index contributed by atoms with van der Waals surface area (Å²) in [6.07, 6.45) is 1.43. The molecule has 1 spiro atoms. The van der Waals surface area contributed by atoms with E-state index in [9.17, 15) is 4.79 Å². The number of carbonyl (C=O) groups excluding carboxylic acids is 1. The quantitative estimate of drug-likeness (QED) is 0.602. The summed E-state index contributed by atoms with van der Waals surface area (Å²) < 4.78 is 16.2. The van der Waals surface area contributed by atoms with Gasteiger partial charge in [0.2, 0.25) is 0 Å². The second kappa shape index (κ2) is 4.94. The van der Waals surface area contributed by atoms with E-state index in [1.165, 1.54) is 5.56 Å². The third kappa shape index (κ3) is 2.51. The van der Waals surface area contributed by atoms with Crippen LogP contribution < -0.4 is 0 Å². The molecule has 1 aliphatic heterocycles. The van der Waals surface area contributed by atoms with Gasteiger partial charge < -0.3 is 14.2 Å². The maximum Gasteiger partial charge on any atom is 0.338 e. The van der Waals surface area contributed by atoms with Crippen LogP contribution in [0.3, 0.4) is 0 Å². The smallest absolute Gasteiger partial charge is 0.338 e. The number of esters is 1. The molecule has 1 aromatic carbocycles. The molecule has 4 nitrogen and oxygen atoms in total. The lowest BCUT2D eigenvalue weighted by molar-refractivity contribution is -0.144. The zero-order chi connectivity index (χ0) is 13.3. The number of carbonyl (C=O) groups is 1. The van der Waals surface area contributed by atoms with Crippen molar-refractivity contribution in [3.8, 4) is 0 Å². The van der Waals surface area contributed by atoms with Gasteiger partial charge in [-0.05, 0) is 12.5 Å². The molecule has 2 aliphatic rings. The first-order valence-electron chi connectivity index (χ1n) is 6.73. The molecule has 0 amide bonds. The Bertz CT molecular complexity index is 450. The van der Waals surface area contributed by atoms with E-state index in [4.69, 9.17) is 14.2 Å². The minimum absolute atomic E-state index is 0.194. The lowest BCUT2D eigenvalue weighted by atomic mass is 9.79. The molecule has 0 radical (unpaired) electrons. The van der Waals surface area contributed by atoms with Crippen LogP contribution in [0, 0.1) is 0 Å². The molecule has 4 heteroatoms. The van der Waals surface area contributed by atoms with E-state index >= 15 is 0 Å². The van der Waals surface area contributed by atoms with Gasteiger partial charge in [-0.2, -0.15) is 0 Å². The normalized spacial score (nSPS) is 31.8. The predicted octanol–water partition coefficient (Wildman–Crippen LogP) is 2.07. The molecule has 1 heterocycles. The molecule has 1 saturated heterocycles. The Morgan fingerprint density at radius 3 is 2.79 bits per heavy atom. The fourth-order valence-corrected chi connectivity index (χ4v) is 2.61. The Balaban J connectivity index is 1.41. The Kier molecular flexibility index (Phi) is 3.29. The number of rotatable bonds is 5. The molecule has 0 N–H and O–H groups in total. The van der Waals surface area contributed by atoms with Crippen molar-refractivity contribution in [2.75, 3.05) is 6.61 Å². The molecule has 1 saturated carbocycles. The number of epoxide rings is 1. The highest BCUT2D eigenvalue weighted by molar-refractivity contribution is 5.79. The van der Waals surface area contributed by atoms with Gasteiger partial charge in [0.05, 0.1) is 19.3 Å². The van der Waals surface area contributed by atoms with E-state index in [0.29, 0.717) is 13.2 Å². The molecule has 2 fully saturated rings. The molecule has 19 heavy (non-hydrogen) atoms. The van der Waals surface area contributed by atoms with Crippen molar-refractivity contribution >= 4 is 5.97 Å². The van der Waals surface area contributed by atoms with Crippen molar-refractivity contribution in [2.24, 2.45) is 0 Å². The maximum atomic E-state index is 11.5. The van der Waals surface area contributed by atoms with Crippen molar-refractivity contribution in [3.63, 3.8) is 0 Å². The van der Waals surface area contributed by atoms with Crippen LogP contribution in [0.5, 0.6) is 0 Å².